The van der Waals surface area contributed by atoms with Gasteiger partial charge in [-0.3, -0.25) is 9.58 Å². The van der Waals surface area contributed by atoms with E-state index in [4.69, 9.17) is 0 Å². The number of aryl methyl sites for hydroxylation is 1. The minimum atomic E-state index is 0.798. The van der Waals surface area contributed by atoms with Gasteiger partial charge in [-0.1, -0.05) is 15.9 Å². The van der Waals surface area contributed by atoms with E-state index < -0.39 is 0 Å². The second-order valence-corrected chi connectivity index (χ2v) is 4.85. The molecule has 1 aliphatic heterocycles. The summed E-state index contributed by atoms with van der Waals surface area (Å²) in [6.45, 7) is 3.30. The molecule has 1 saturated heterocycles. The fourth-order valence-electron chi connectivity index (χ4n) is 2.08. The molecule has 0 spiro atoms. The van der Waals surface area contributed by atoms with Gasteiger partial charge in [0.1, 0.15) is 12.2 Å². The zero-order valence-electron chi connectivity index (χ0n) is 9.06. The third-order valence-electron chi connectivity index (χ3n) is 2.99. The number of nitrogens with zero attached hydrogens (tertiary/aromatic N) is 4. The molecule has 0 aromatic carbocycles. The van der Waals surface area contributed by atoms with Gasteiger partial charge in [-0.2, -0.15) is 5.10 Å². The van der Waals surface area contributed by atoms with Gasteiger partial charge in [-0.05, 0) is 25.3 Å². The molecule has 4 nitrogen and oxygen atoms in total. The number of piperidine rings is 1. The van der Waals surface area contributed by atoms with Gasteiger partial charge in [-0.15, -0.1) is 0 Å². The van der Waals surface area contributed by atoms with E-state index >= 15 is 0 Å². The van der Waals surface area contributed by atoms with E-state index in [0.717, 1.165) is 23.6 Å². The van der Waals surface area contributed by atoms with Crippen LogP contribution in [0.5, 0.6) is 0 Å². The highest BCUT2D eigenvalue weighted by molar-refractivity contribution is 9.09. The lowest BCUT2D eigenvalue weighted by atomic mass is 10.0. The summed E-state index contributed by atoms with van der Waals surface area (Å²) in [5, 5.41) is 5.20. The number of aromatic nitrogens is 3. The molecule has 1 aliphatic rings. The molecule has 15 heavy (non-hydrogen) atoms. The number of rotatable bonds is 3. The topological polar surface area (TPSA) is 34.0 Å². The van der Waals surface area contributed by atoms with Gasteiger partial charge in [0.05, 0.1) is 6.54 Å². The molecule has 0 amide bonds. The van der Waals surface area contributed by atoms with Gasteiger partial charge < -0.3 is 0 Å². The van der Waals surface area contributed by atoms with Crippen molar-refractivity contribution in [3.8, 4) is 0 Å². The summed E-state index contributed by atoms with van der Waals surface area (Å²) < 4.78 is 1.86. The SMILES string of the molecule is Cn1ncnc1CN1CCCC(CBr)C1. The van der Waals surface area contributed by atoms with Crippen LogP contribution in [0.1, 0.15) is 18.7 Å². The van der Waals surface area contributed by atoms with Crippen LogP contribution in [-0.2, 0) is 13.6 Å². The van der Waals surface area contributed by atoms with Crippen molar-refractivity contribution in [2.75, 3.05) is 18.4 Å². The first kappa shape index (κ1) is 11.1. The Morgan fingerprint density at radius 3 is 3.13 bits per heavy atom. The summed E-state index contributed by atoms with van der Waals surface area (Å²) in [5.74, 6) is 1.86. The Morgan fingerprint density at radius 2 is 2.47 bits per heavy atom. The maximum absolute atomic E-state index is 4.26. The van der Waals surface area contributed by atoms with Crippen molar-refractivity contribution in [1.29, 1.82) is 0 Å². The lowest BCUT2D eigenvalue weighted by molar-refractivity contribution is 0.173. The third-order valence-corrected chi connectivity index (χ3v) is 3.91. The van der Waals surface area contributed by atoms with Gasteiger partial charge in [0.15, 0.2) is 0 Å². The van der Waals surface area contributed by atoms with E-state index in [2.05, 4.69) is 30.9 Å². The molecule has 0 saturated carbocycles. The smallest absolute Gasteiger partial charge is 0.140 e. The first-order chi connectivity index (χ1) is 7.29. The van der Waals surface area contributed by atoms with E-state index in [1.165, 1.54) is 25.9 Å². The fourth-order valence-corrected chi connectivity index (χ4v) is 2.61. The quantitative estimate of drug-likeness (QED) is 0.781. The van der Waals surface area contributed by atoms with Crippen LogP contribution in [0.15, 0.2) is 6.33 Å². The standard InChI is InChI=1S/C10H17BrN4/c1-14-10(12-8-13-14)7-15-4-2-3-9(5-11)6-15/h8-9H,2-7H2,1H3. The molecule has 0 N–H and O–H groups in total. The summed E-state index contributed by atoms with van der Waals surface area (Å²) in [7, 11) is 1.95. The third kappa shape index (κ3) is 2.78. The van der Waals surface area contributed by atoms with Crippen LogP contribution < -0.4 is 0 Å². The van der Waals surface area contributed by atoms with Crippen LogP contribution in [0, 0.1) is 5.92 Å². The monoisotopic (exact) mass is 272 g/mol. The zero-order chi connectivity index (χ0) is 10.7. The van der Waals surface area contributed by atoms with Crippen molar-refractivity contribution in [2.45, 2.75) is 19.4 Å². The van der Waals surface area contributed by atoms with Crippen molar-refractivity contribution in [3.05, 3.63) is 12.2 Å². The average molecular weight is 273 g/mol. The highest BCUT2D eigenvalue weighted by Crippen LogP contribution is 2.19. The second-order valence-electron chi connectivity index (χ2n) is 4.20. The first-order valence-corrected chi connectivity index (χ1v) is 6.53. The summed E-state index contributed by atoms with van der Waals surface area (Å²) in [6, 6.07) is 0. The van der Waals surface area contributed by atoms with Crippen molar-refractivity contribution >= 4 is 15.9 Å². The summed E-state index contributed by atoms with van der Waals surface area (Å²) in [6.07, 6.45) is 4.27. The molecule has 0 aliphatic carbocycles. The Bertz CT molecular complexity index is 312. The molecule has 5 heteroatoms. The largest absolute Gasteiger partial charge is 0.296 e. The Hall–Kier alpha value is -0.420. The zero-order valence-corrected chi connectivity index (χ0v) is 10.7. The summed E-state index contributed by atoms with van der Waals surface area (Å²) >= 11 is 3.57. The molecule has 1 unspecified atom stereocenters. The van der Waals surface area contributed by atoms with Crippen LogP contribution >= 0.6 is 15.9 Å². The van der Waals surface area contributed by atoms with Crippen molar-refractivity contribution in [3.63, 3.8) is 0 Å². The van der Waals surface area contributed by atoms with Gasteiger partial charge in [0, 0.05) is 18.9 Å². The maximum Gasteiger partial charge on any atom is 0.140 e. The average Bonchev–Trinajstić information content (AvgIpc) is 2.65. The van der Waals surface area contributed by atoms with Crippen LogP contribution in [0.25, 0.3) is 0 Å². The molecule has 1 fully saturated rings. The molecular formula is C10H17BrN4. The lowest BCUT2D eigenvalue weighted by Crippen LogP contribution is -2.36. The minimum Gasteiger partial charge on any atom is -0.296 e. The minimum absolute atomic E-state index is 0.798. The molecule has 0 bridgehead atoms. The number of likely N-dealkylation sites (tertiary alicyclic amines) is 1. The Kier molecular flexibility index (Phi) is 3.75. The second kappa shape index (κ2) is 5.07. The predicted molar refractivity (Wildman–Crippen MR) is 62.8 cm³/mol. The molecule has 1 aromatic heterocycles. The molecule has 0 radical (unpaired) electrons. The highest BCUT2D eigenvalue weighted by Gasteiger charge is 2.19. The van der Waals surface area contributed by atoms with Crippen LogP contribution in [0.4, 0.5) is 0 Å². The normalized spacial score (nSPS) is 23.2. The predicted octanol–water partition coefficient (Wildman–Crippen LogP) is 1.42. The molecular weight excluding hydrogens is 256 g/mol. The number of hydrogen-bond acceptors (Lipinski definition) is 3. The van der Waals surface area contributed by atoms with E-state index in [0.29, 0.717) is 0 Å². The van der Waals surface area contributed by atoms with Gasteiger partial charge in [0.2, 0.25) is 0 Å². The number of alkyl halides is 1. The Balaban J connectivity index is 1.92. The van der Waals surface area contributed by atoms with Gasteiger partial charge in [-0.25, -0.2) is 4.98 Å². The molecule has 2 heterocycles. The molecule has 84 valence electrons. The van der Waals surface area contributed by atoms with Crippen LogP contribution in [0.2, 0.25) is 0 Å². The van der Waals surface area contributed by atoms with E-state index in [1.807, 2.05) is 11.7 Å². The van der Waals surface area contributed by atoms with E-state index in [1.54, 1.807) is 6.33 Å². The fraction of sp³-hybridized carbons (Fsp3) is 0.800. The van der Waals surface area contributed by atoms with Crippen molar-refractivity contribution in [1.82, 2.24) is 19.7 Å². The van der Waals surface area contributed by atoms with E-state index in [9.17, 15) is 0 Å². The Morgan fingerprint density at radius 1 is 1.60 bits per heavy atom. The Labute approximate surface area is 98.8 Å². The van der Waals surface area contributed by atoms with Crippen molar-refractivity contribution in [2.24, 2.45) is 13.0 Å². The highest BCUT2D eigenvalue weighted by atomic mass is 79.9. The van der Waals surface area contributed by atoms with E-state index in [-0.39, 0.29) is 0 Å². The maximum atomic E-state index is 4.26. The first-order valence-electron chi connectivity index (χ1n) is 5.41. The molecule has 1 aromatic rings. The van der Waals surface area contributed by atoms with Crippen molar-refractivity contribution < 1.29 is 0 Å². The molecule has 1 atom stereocenters. The summed E-state index contributed by atoms with van der Waals surface area (Å²) in [4.78, 5) is 6.73. The van der Waals surface area contributed by atoms with Gasteiger partial charge >= 0.3 is 0 Å². The van der Waals surface area contributed by atoms with Crippen LogP contribution in [0.3, 0.4) is 0 Å². The van der Waals surface area contributed by atoms with Gasteiger partial charge in [0.25, 0.3) is 0 Å². The number of hydrogen-bond donors (Lipinski definition) is 0. The number of halogens is 1. The summed E-state index contributed by atoms with van der Waals surface area (Å²) in [5.41, 5.74) is 0. The van der Waals surface area contributed by atoms with Crippen LogP contribution in [-0.4, -0.2) is 38.1 Å². The molecule has 2 rings (SSSR count). The lowest BCUT2D eigenvalue weighted by Gasteiger charge is -2.31.